The summed E-state index contributed by atoms with van der Waals surface area (Å²) in [5.41, 5.74) is 6.99. The van der Waals surface area contributed by atoms with E-state index >= 15 is 0 Å². The van der Waals surface area contributed by atoms with E-state index in [-0.39, 0.29) is 4.99 Å². The molecule has 1 aliphatic rings. The van der Waals surface area contributed by atoms with E-state index in [2.05, 4.69) is 0 Å². The minimum Gasteiger partial charge on any atom is -0.389 e. The Morgan fingerprint density at radius 2 is 1.71 bits per heavy atom. The van der Waals surface area contributed by atoms with Gasteiger partial charge in [0.25, 0.3) is 0 Å². The van der Waals surface area contributed by atoms with Crippen LogP contribution >= 0.6 is 12.2 Å². The predicted molar refractivity (Wildman–Crippen MR) is 88.9 cm³/mol. The lowest BCUT2D eigenvalue weighted by Gasteiger charge is -2.25. The lowest BCUT2D eigenvalue weighted by Crippen LogP contribution is -2.34. The van der Waals surface area contributed by atoms with Crippen LogP contribution in [0.3, 0.4) is 0 Å². The number of hydrogen-bond acceptors (Lipinski definition) is 3. The highest BCUT2D eigenvalue weighted by Gasteiger charge is 2.26. The Morgan fingerprint density at radius 3 is 2.24 bits per heavy atom. The number of thiocarbonyl (C=S) groups is 1. The third-order valence-corrected chi connectivity index (χ3v) is 6.19. The van der Waals surface area contributed by atoms with E-state index in [1.165, 1.54) is 6.42 Å². The molecule has 6 heteroatoms. The van der Waals surface area contributed by atoms with Gasteiger partial charge in [0, 0.05) is 18.7 Å². The standard InChI is InChI=1S/C15H22N2O2S2/c1-12-11-13(15(16)20)7-8-14(12)21(18,19)17-9-5-3-2-4-6-10-17/h7-8,11H,2-6,9-10H2,1H3,(H2,16,20). The summed E-state index contributed by atoms with van der Waals surface area (Å²) in [4.78, 5) is 0.649. The summed E-state index contributed by atoms with van der Waals surface area (Å²) in [5, 5.41) is 0. The number of sulfonamides is 1. The van der Waals surface area contributed by atoms with Crippen LogP contribution < -0.4 is 5.73 Å². The third kappa shape index (κ3) is 3.81. The van der Waals surface area contributed by atoms with Crippen molar-refractivity contribution in [1.29, 1.82) is 0 Å². The van der Waals surface area contributed by atoms with Crippen molar-refractivity contribution in [2.45, 2.75) is 43.9 Å². The molecule has 0 amide bonds. The highest BCUT2D eigenvalue weighted by molar-refractivity contribution is 7.89. The lowest BCUT2D eigenvalue weighted by atomic mass is 10.1. The molecular weight excluding hydrogens is 304 g/mol. The highest BCUT2D eigenvalue weighted by atomic mass is 32.2. The summed E-state index contributed by atoms with van der Waals surface area (Å²) in [6.45, 7) is 3.01. The number of nitrogens with zero attached hydrogens (tertiary/aromatic N) is 1. The molecule has 116 valence electrons. The van der Waals surface area contributed by atoms with Crippen molar-refractivity contribution in [3.8, 4) is 0 Å². The zero-order valence-corrected chi connectivity index (χ0v) is 14.0. The minimum absolute atomic E-state index is 0.285. The quantitative estimate of drug-likeness (QED) is 0.867. The molecule has 1 fully saturated rings. The first-order valence-corrected chi connectivity index (χ1v) is 9.18. The van der Waals surface area contributed by atoms with Crippen molar-refractivity contribution in [3.05, 3.63) is 29.3 Å². The van der Waals surface area contributed by atoms with Gasteiger partial charge >= 0.3 is 0 Å². The van der Waals surface area contributed by atoms with Crippen molar-refractivity contribution in [2.75, 3.05) is 13.1 Å². The van der Waals surface area contributed by atoms with Crippen LogP contribution in [0.4, 0.5) is 0 Å². The molecule has 0 unspecified atom stereocenters. The molecule has 0 spiro atoms. The third-order valence-electron chi connectivity index (χ3n) is 3.89. The highest BCUT2D eigenvalue weighted by Crippen LogP contribution is 2.23. The number of aryl methyl sites for hydroxylation is 1. The van der Waals surface area contributed by atoms with E-state index in [1.54, 1.807) is 29.4 Å². The van der Waals surface area contributed by atoms with Gasteiger partial charge in [0.05, 0.1) is 4.90 Å². The van der Waals surface area contributed by atoms with E-state index in [0.29, 0.717) is 29.1 Å². The van der Waals surface area contributed by atoms with Gasteiger partial charge in [0.2, 0.25) is 10.0 Å². The molecule has 2 rings (SSSR count). The molecule has 1 aromatic carbocycles. The van der Waals surface area contributed by atoms with Crippen LogP contribution in [0.25, 0.3) is 0 Å². The largest absolute Gasteiger partial charge is 0.389 e. The van der Waals surface area contributed by atoms with Crippen molar-refractivity contribution in [1.82, 2.24) is 4.31 Å². The monoisotopic (exact) mass is 326 g/mol. The molecule has 0 saturated carbocycles. The van der Waals surface area contributed by atoms with Gasteiger partial charge in [-0.15, -0.1) is 0 Å². The van der Waals surface area contributed by atoms with E-state index in [0.717, 1.165) is 25.7 Å². The fraction of sp³-hybridized carbons (Fsp3) is 0.533. The normalized spacial score (nSPS) is 18.0. The van der Waals surface area contributed by atoms with Crippen LogP contribution in [0, 0.1) is 6.92 Å². The zero-order valence-electron chi connectivity index (χ0n) is 12.3. The molecule has 4 nitrogen and oxygen atoms in total. The molecule has 0 radical (unpaired) electrons. The average Bonchev–Trinajstić information content (AvgIpc) is 2.37. The summed E-state index contributed by atoms with van der Waals surface area (Å²) in [6, 6.07) is 5.06. The maximum Gasteiger partial charge on any atom is 0.243 e. The van der Waals surface area contributed by atoms with Crippen LogP contribution in [0.2, 0.25) is 0 Å². The summed E-state index contributed by atoms with van der Waals surface area (Å²) in [5.74, 6) is 0. The van der Waals surface area contributed by atoms with E-state index in [1.807, 2.05) is 0 Å². The van der Waals surface area contributed by atoms with Gasteiger partial charge in [-0.25, -0.2) is 8.42 Å². The maximum atomic E-state index is 12.8. The Morgan fingerprint density at radius 1 is 1.14 bits per heavy atom. The van der Waals surface area contributed by atoms with Crippen LogP contribution in [-0.2, 0) is 10.0 Å². The summed E-state index contributed by atoms with van der Waals surface area (Å²) < 4.78 is 27.3. The second-order valence-corrected chi connectivity index (χ2v) is 7.86. The van der Waals surface area contributed by atoms with Crippen LogP contribution in [0.1, 0.15) is 43.2 Å². The Bertz CT molecular complexity index is 619. The molecule has 2 N–H and O–H groups in total. The van der Waals surface area contributed by atoms with E-state index in [9.17, 15) is 8.42 Å². The van der Waals surface area contributed by atoms with Crippen molar-refractivity contribution < 1.29 is 8.42 Å². The van der Waals surface area contributed by atoms with Crippen LogP contribution in [-0.4, -0.2) is 30.8 Å². The smallest absolute Gasteiger partial charge is 0.243 e. The minimum atomic E-state index is -3.43. The number of rotatable bonds is 3. The first-order chi connectivity index (χ1) is 9.93. The van der Waals surface area contributed by atoms with Crippen LogP contribution in [0.5, 0.6) is 0 Å². The first-order valence-electron chi connectivity index (χ1n) is 7.33. The zero-order chi connectivity index (χ0) is 15.5. The molecule has 1 aliphatic heterocycles. The molecule has 0 aliphatic carbocycles. The van der Waals surface area contributed by atoms with Crippen molar-refractivity contribution >= 4 is 27.2 Å². The second kappa shape index (κ2) is 6.85. The average molecular weight is 326 g/mol. The SMILES string of the molecule is Cc1cc(C(N)=S)ccc1S(=O)(=O)N1CCCCCCC1. The van der Waals surface area contributed by atoms with Crippen molar-refractivity contribution in [2.24, 2.45) is 5.73 Å². The second-order valence-electron chi connectivity index (χ2n) is 5.52. The Kier molecular flexibility index (Phi) is 5.35. The summed E-state index contributed by atoms with van der Waals surface area (Å²) in [7, 11) is -3.43. The van der Waals surface area contributed by atoms with Crippen molar-refractivity contribution in [3.63, 3.8) is 0 Å². The predicted octanol–water partition coefficient (Wildman–Crippen LogP) is 2.58. The van der Waals surface area contributed by atoms with Gasteiger partial charge in [-0.1, -0.05) is 37.5 Å². The van der Waals surface area contributed by atoms with Gasteiger partial charge in [0.15, 0.2) is 0 Å². The molecule has 0 atom stereocenters. The summed E-state index contributed by atoms with van der Waals surface area (Å²) in [6.07, 6.45) is 5.28. The van der Waals surface area contributed by atoms with E-state index in [4.69, 9.17) is 18.0 Å². The maximum absolute atomic E-state index is 12.8. The van der Waals surface area contributed by atoms with Crippen LogP contribution in [0.15, 0.2) is 23.1 Å². The molecule has 1 aromatic rings. The fourth-order valence-electron chi connectivity index (χ4n) is 2.69. The molecule has 0 bridgehead atoms. The Labute approximate surface area is 132 Å². The van der Waals surface area contributed by atoms with Gasteiger partial charge in [-0.2, -0.15) is 4.31 Å². The molecule has 0 aromatic heterocycles. The van der Waals surface area contributed by atoms with Gasteiger partial charge < -0.3 is 5.73 Å². The molecule has 1 saturated heterocycles. The van der Waals surface area contributed by atoms with Gasteiger partial charge in [-0.05, 0) is 37.5 Å². The fourth-order valence-corrected chi connectivity index (χ4v) is 4.54. The van der Waals surface area contributed by atoms with Gasteiger partial charge in [0.1, 0.15) is 4.99 Å². The Balaban J connectivity index is 2.31. The van der Waals surface area contributed by atoms with E-state index < -0.39 is 10.0 Å². The summed E-state index contributed by atoms with van der Waals surface area (Å²) >= 11 is 4.93. The topological polar surface area (TPSA) is 63.4 Å². The molecule has 21 heavy (non-hydrogen) atoms. The number of nitrogens with two attached hydrogens (primary N) is 1. The first kappa shape index (κ1) is 16.4. The molecular formula is C15H22N2O2S2. The lowest BCUT2D eigenvalue weighted by molar-refractivity contribution is 0.364. The number of hydrogen-bond donors (Lipinski definition) is 1. The van der Waals surface area contributed by atoms with Gasteiger partial charge in [-0.3, -0.25) is 0 Å². The Hall–Kier alpha value is -0.980. The molecule has 1 heterocycles. The number of benzene rings is 1.